The number of rotatable bonds is 1. The SMILES string of the molecule is N#CC1=C(N)SC(N)=C(C#N)C1c1cc[cH-]c1. The lowest BCUT2D eigenvalue weighted by molar-refractivity contribution is 0.963. The molecule has 1 aromatic rings. The van der Waals surface area contributed by atoms with Crippen molar-refractivity contribution in [1.29, 1.82) is 10.5 Å². The summed E-state index contributed by atoms with van der Waals surface area (Å²) in [6, 6.07) is 11.6. The lowest BCUT2D eigenvalue weighted by Gasteiger charge is -2.26. The summed E-state index contributed by atoms with van der Waals surface area (Å²) in [5.41, 5.74) is 13.2. The Morgan fingerprint density at radius 2 is 1.76 bits per heavy atom. The first-order valence-electron chi connectivity index (χ1n) is 4.88. The number of hydrogen-bond acceptors (Lipinski definition) is 5. The molecule has 0 unspecified atom stereocenters. The summed E-state index contributed by atoms with van der Waals surface area (Å²) in [6.07, 6.45) is 0. The molecule has 2 rings (SSSR count). The van der Waals surface area contributed by atoms with Gasteiger partial charge in [0.2, 0.25) is 0 Å². The molecule has 0 bridgehead atoms. The van der Waals surface area contributed by atoms with Crippen LogP contribution >= 0.6 is 11.8 Å². The van der Waals surface area contributed by atoms with Crippen LogP contribution in [0, 0.1) is 22.7 Å². The predicted octanol–water partition coefficient (Wildman–Crippen LogP) is 1.62. The van der Waals surface area contributed by atoms with E-state index in [1.54, 1.807) is 0 Å². The minimum Gasteiger partial charge on any atom is -0.392 e. The first-order chi connectivity index (χ1) is 8.19. The van der Waals surface area contributed by atoms with Crippen LogP contribution in [0.4, 0.5) is 0 Å². The van der Waals surface area contributed by atoms with Crippen LogP contribution in [0.15, 0.2) is 45.5 Å². The third kappa shape index (κ3) is 1.77. The van der Waals surface area contributed by atoms with Crippen molar-refractivity contribution < 1.29 is 0 Å². The van der Waals surface area contributed by atoms with Gasteiger partial charge in [0.25, 0.3) is 0 Å². The molecule has 4 N–H and O–H groups in total. The number of thioether (sulfide) groups is 1. The summed E-state index contributed by atoms with van der Waals surface area (Å²) >= 11 is 1.08. The molecule has 1 aliphatic heterocycles. The van der Waals surface area contributed by atoms with Crippen LogP contribution in [0.5, 0.6) is 0 Å². The molecular formula is C12H9N4S-. The molecule has 0 saturated carbocycles. The Bertz CT molecular complexity index is 545. The molecule has 1 aliphatic rings. The second kappa shape index (κ2) is 4.32. The van der Waals surface area contributed by atoms with Crippen LogP contribution in [0.1, 0.15) is 11.5 Å². The average molecular weight is 241 g/mol. The molecule has 0 amide bonds. The van der Waals surface area contributed by atoms with E-state index >= 15 is 0 Å². The maximum atomic E-state index is 9.16. The van der Waals surface area contributed by atoms with Gasteiger partial charge in [-0.15, -0.1) is 0 Å². The van der Waals surface area contributed by atoms with Crippen LogP contribution in [0.2, 0.25) is 0 Å². The Morgan fingerprint density at radius 1 is 1.18 bits per heavy atom. The van der Waals surface area contributed by atoms with E-state index in [0.29, 0.717) is 21.2 Å². The topological polar surface area (TPSA) is 99.6 Å². The maximum Gasteiger partial charge on any atom is 0.0973 e. The summed E-state index contributed by atoms with van der Waals surface area (Å²) in [7, 11) is 0. The van der Waals surface area contributed by atoms with Crippen molar-refractivity contribution in [2.24, 2.45) is 11.5 Å². The molecule has 0 spiro atoms. The van der Waals surface area contributed by atoms with E-state index in [1.807, 2.05) is 24.3 Å². The summed E-state index contributed by atoms with van der Waals surface area (Å²) < 4.78 is 0. The van der Waals surface area contributed by atoms with Gasteiger partial charge in [0, 0.05) is 5.92 Å². The fraction of sp³-hybridized carbons (Fsp3) is 0.0833. The zero-order valence-electron chi connectivity index (χ0n) is 8.84. The molecular weight excluding hydrogens is 232 g/mol. The molecule has 1 aromatic carbocycles. The molecule has 84 valence electrons. The van der Waals surface area contributed by atoms with Gasteiger partial charge in [0.1, 0.15) is 0 Å². The van der Waals surface area contributed by atoms with Gasteiger partial charge >= 0.3 is 0 Å². The van der Waals surface area contributed by atoms with Crippen LogP contribution in [0.25, 0.3) is 0 Å². The van der Waals surface area contributed by atoms with E-state index in [-0.39, 0.29) is 0 Å². The molecule has 0 atom stereocenters. The highest BCUT2D eigenvalue weighted by atomic mass is 32.2. The fourth-order valence-corrected chi connectivity index (χ4v) is 2.60. The van der Waals surface area contributed by atoms with Crippen LogP contribution in [-0.4, -0.2) is 0 Å². The Balaban J connectivity index is 2.61. The molecule has 0 aliphatic carbocycles. The van der Waals surface area contributed by atoms with E-state index < -0.39 is 5.92 Å². The van der Waals surface area contributed by atoms with Crippen molar-refractivity contribution >= 4 is 11.8 Å². The molecule has 0 radical (unpaired) electrons. The monoisotopic (exact) mass is 241 g/mol. The van der Waals surface area contributed by atoms with Gasteiger partial charge in [0.15, 0.2) is 0 Å². The van der Waals surface area contributed by atoms with Crippen LogP contribution in [0.3, 0.4) is 0 Å². The molecule has 0 aromatic heterocycles. The van der Waals surface area contributed by atoms with E-state index in [2.05, 4.69) is 12.1 Å². The summed E-state index contributed by atoms with van der Waals surface area (Å²) in [4.78, 5) is 0. The van der Waals surface area contributed by atoms with E-state index in [1.165, 1.54) is 0 Å². The van der Waals surface area contributed by atoms with Crippen molar-refractivity contribution in [2.75, 3.05) is 0 Å². The fourth-order valence-electron chi connectivity index (χ4n) is 1.81. The van der Waals surface area contributed by atoms with Crippen molar-refractivity contribution in [3.8, 4) is 12.1 Å². The molecule has 1 heterocycles. The van der Waals surface area contributed by atoms with Crippen LogP contribution in [-0.2, 0) is 0 Å². The van der Waals surface area contributed by atoms with Gasteiger partial charge in [-0.25, -0.2) is 6.07 Å². The number of hydrogen-bond donors (Lipinski definition) is 2. The van der Waals surface area contributed by atoms with Crippen molar-refractivity contribution in [1.82, 2.24) is 0 Å². The van der Waals surface area contributed by atoms with Crippen molar-refractivity contribution in [2.45, 2.75) is 5.92 Å². The lowest BCUT2D eigenvalue weighted by atomic mass is 9.87. The van der Waals surface area contributed by atoms with Gasteiger partial charge in [0.05, 0.1) is 33.3 Å². The highest BCUT2D eigenvalue weighted by Crippen LogP contribution is 2.42. The number of allylic oxidation sites excluding steroid dienone is 2. The largest absolute Gasteiger partial charge is 0.392 e. The second-order valence-corrected chi connectivity index (χ2v) is 4.62. The maximum absolute atomic E-state index is 9.16. The van der Waals surface area contributed by atoms with Gasteiger partial charge < -0.3 is 11.5 Å². The average Bonchev–Trinajstić information content (AvgIpc) is 2.81. The Morgan fingerprint density at radius 3 is 2.18 bits per heavy atom. The van der Waals surface area contributed by atoms with Gasteiger partial charge in [-0.3, -0.25) is 0 Å². The summed E-state index contributed by atoms with van der Waals surface area (Å²) in [5, 5.41) is 19.1. The Kier molecular flexibility index (Phi) is 2.86. The Labute approximate surface area is 103 Å². The Hall–Kier alpha value is -2.24. The molecule has 4 nitrogen and oxygen atoms in total. The second-order valence-electron chi connectivity index (χ2n) is 3.53. The lowest BCUT2D eigenvalue weighted by Crippen LogP contribution is -2.17. The zero-order chi connectivity index (χ0) is 12.4. The quantitative estimate of drug-likeness (QED) is 0.728. The summed E-state index contributed by atoms with van der Waals surface area (Å²) in [6.45, 7) is 0. The highest BCUT2D eigenvalue weighted by molar-refractivity contribution is 8.06. The highest BCUT2D eigenvalue weighted by Gasteiger charge is 2.27. The van der Waals surface area contributed by atoms with Gasteiger partial charge in [-0.1, -0.05) is 11.8 Å². The third-order valence-electron chi connectivity index (χ3n) is 2.59. The zero-order valence-corrected chi connectivity index (χ0v) is 9.66. The van der Waals surface area contributed by atoms with Crippen molar-refractivity contribution in [3.63, 3.8) is 0 Å². The minimum absolute atomic E-state index is 0.371. The van der Waals surface area contributed by atoms with Gasteiger partial charge in [-0.2, -0.15) is 34.3 Å². The number of nitriles is 2. The normalized spacial score (nSPS) is 16.8. The molecule has 5 heteroatoms. The molecule has 17 heavy (non-hydrogen) atoms. The smallest absolute Gasteiger partial charge is 0.0973 e. The van der Waals surface area contributed by atoms with E-state index in [9.17, 15) is 0 Å². The number of nitrogens with zero attached hydrogens (tertiary/aromatic N) is 2. The first-order valence-corrected chi connectivity index (χ1v) is 5.69. The molecule has 0 fully saturated rings. The third-order valence-corrected chi connectivity index (χ3v) is 3.47. The number of nitrogens with two attached hydrogens (primary N) is 2. The predicted molar refractivity (Wildman–Crippen MR) is 66.0 cm³/mol. The van der Waals surface area contributed by atoms with Crippen LogP contribution < -0.4 is 11.5 Å². The first kappa shape index (κ1) is 11.3. The van der Waals surface area contributed by atoms with Crippen molar-refractivity contribution in [3.05, 3.63) is 51.0 Å². The molecule has 0 saturated heterocycles. The minimum atomic E-state index is -0.429. The van der Waals surface area contributed by atoms with E-state index in [0.717, 1.165) is 17.3 Å². The van der Waals surface area contributed by atoms with Gasteiger partial charge in [-0.05, 0) is 0 Å². The standard InChI is InChI=1S/C12H9N4S/c13-5-8-10(7-3-1-2-4-7)9(6-14)12(16)17-11(8)15/h1-4,10H,15-16H2/q-1. The summed E-state index contributed by atoms with van der Waals surface area (Å²) in [5.74, 6) is -0.429. The van der Waals surface area contributed by atoms with E-state index in [4.69, 9.17) is 22.0 Å².